The first-order chi connectivity index (χ1) is 7.19. The van der Waals surface area contributed by atoms with Gasteiger partial charge in [0.1, 0.15) is 0 Å². The zero-order chi connectivity index (χ0) is 10.5. The highest BCUT2D eigenvalue weighted by atomic mass is 16.2. The fourth-order valence-electron chi connectivity index (χ4n) is 2.55. The molecule has 3 fully saturated rings. The average molecular weight is 208 g/mol. The molecule has 0 aromatic heterocycles. The van der Waals surface area contributed by atoms with Crippen LogP contribution in [0.1, 0.15) is 45.4 Å². The second-order valence-electron chi connectivity index (χ2n) is 5.62. The number of carbonyl (C=O) groups is 1. The fourth-order valence-corrected chi connectivity index (χ4v) is 2.55. The Kier molecular flexibility index (Phi) is 2.06. The Bertz CT molecular complexity index is 281. The van der Waals surface area contributed by atoms with Crippen molar-refractivity contribution < 1.29 is 4.79 Å². The monoisotopic (exact) mass is 208 g/mol. The van der Waals surface area contributed by atoms with Crippen molar-refractivity contribution in [1.29, 1.82) is 0 Å². The lowest BCUT2D eigenvalue weighted by Crippen LogP contribution is -2.54. The molecule has 1 N–H and O–H groups in total. The Balaban J connectivity index is 1.66. The maximum atomic E-state index is 12.2. The summed E-state index contributed by atoms with van der Waals surface area (Å²) in [5.74, 6) is 0.369. The molecule has 2 aliphatic carbocycles. The Morgan fingerprint density at radius 2 is 2.07 bits per heavy atom. The van der Waals surface area contributed by atoms with E-state index in [1.807, 2.05) is 0 Å². The number of hydrogen-bond acceptors (Lipinski definition) is 2. The van der Waals surface area contributed by atoms with Gasteiger partial charge in [0.05, 0.1) is 6.04 Å². The molecular formula is C12H20N2O. The summed E-state index contributed by atoms with van der Waals surface area (Å²) in [4.78, 5) is 14.4. The van der Waals surface area contributed by atoms with Crippen LogP contribution in [0.25, 0.3) is 0 Å². The zero-order valence-electron chi connectivity index (χ0n) is 9.46. The number of nitrogens with one attached hydrogen (secondary N) is 1. The molecule has 2 saturated carbocycles. The molecule has 3 heteroatoms. The summed E-state index contributed by atoms with van der Waals surface area (Å²) in [7, 11) is 0. The molecule has 1 aliphatic heterocycles. The Morgan fingerprint density at radius 3 is 2.67 bits per heavy atom. The SMILES string of the molecule is CC1(N2CCCC(NC3CC3)C2=O)CC1. The first-order valence-corrected chi connectivity index (χ1v) is 6.27. The lowest BCUT2D eigenvalue weighted by atomic mass is 10.0. The summed E-state index contributed by atoms with van der Waals surface area (Å²) < 4.78 is 0. The van der Waals surface area contributed by atoms with Crippen molar-refractivity contribution >= 4 is 5.91 Å². The third-order valence-electron chi connectivity index (χ3n) is 4.08. The summed E-state index contributed by atoms with van der Waals surface area (Å²) in [6.07, 6.45) is 7.15. The van der Waals surface area contributed by atoms with Gasteiger partial charge in [0, 0.05) is 18.1 Å². The minimum absolute atomic E-state index is 0.128. The number of hydrogen-bond donors (Lipinski definition) is 1. The molecule has 84 valence electrons. The van der Waals surface area contributed by atoms with Crippen molar-refractivity contribution in [3.8, 4) is 0 Å². The van der Waals surface area contributed by atoms with Gasteiger partial charge in [0.15, 0.2) is 0 Å². The summed E-state index contributed by atoms with van der Waals surface area (Å²) in [5, 5.41) is 3.48. The van der Waals surface area contributed by atoms with E-state index >= 15 is 0 Å². The van der Waals surface area contributed by atoms with Crippen LogP contribution in [0.2, 0.25) is 0 Å². The standard InChI is InChI=1S/C12H20N2O/c1-12(6-7-12)14-8-2-3-10(11(14)15)13-9-4-5-9/h9-10,13H,2-8H2,1H3. The quantitative estimate of drug-likeness (QED) is 0.758. The van der Waals surface area contributed by atoms with Crippen molar-refractivity contribution in [2.24, 2.45) is 0 Å². The molecular weight excluding hydrogens is 188 g/mol. The van der Waals surface area contributed by atoms with Crippen molar-refractivity contribution in [1.82, 2.24) is 10.2 Å². The molecule has 1 saturated heterocycles. The van der Waals surface area contributed by atoms with E-state index in [4.69, 9.17) is 0 Å². The topological polar surface area (TPSA) is 32.3 Å². The van der Waals surface area contributed by atoms with Gasteiger partial charge in [-0.3, -0.25) is 4.79 Å². The summed E-state index contributed by atoms with van der Waals surface area (Å²) in [6.45, 7) is 3.21. The highest BCUT2D eigenvalue weighted by Gasteiger charge is 2.48. The number of carbonyl (C=O) groups excluding carboxylic acids is 1. The van der Waals surface area contributed by atoms with E-state index in [-0.39, 0.29) is 11.6 Å². The van der Waals surface area contributed by atoms with E-state index in [0.717, 1.165) is 13.0 Å². The first-order valence-electron chi connectivity index (χ1n) is 6.27. The van der Waals surface area contributed by atoms with Gasteiger partial charge in [-0.05, 0) is 45.4 Å². The molecule has 3 rings (SSSR count). The van der Waals surface area contributed by atoms with Crippen molar-refractivity contribution in [2.75, 3.05) is 6.54 Å². The first kappa shape index (κ1) is 9.64. The van der Waals surface area contributed by atoms with E-state index in [9.17, 15) is 4.79 Å². The number of nitrogens with zero attached hydrogens (tertiary/aromatic N) is 1. The van der Waals surface area contributed by atoms with Gasteiger partial charge in [-0.1, -0.05) is 0 Å². The van der Waals surface area contributed by atoms with Crippen LogP contribution in [0.4, 0.5) is 0 Å². The number of piperidine rings is 1. The number of likely N-dealkylation sites (tertiary alicyclic amines) is 1. The molecule has 0 aromatic carbocycles. The highest BCUT2D eigenvalue weighted by molar-refractivity contribution is 5.83. The van der Waals surface area contributed by atoms with Crippen LogP contribution in [0.15, 0.2) is 0 Å². The van der Waals surface area contributed by atoms with Gasteiger partial charge in [-0.15, -0.1) is 0 Å². The molecule has 3 nitrogen and oxygen atoms in total. The summed E-state index contributed by atoms with van der Waals surface area (Å²) in [6, 6.07) is 0.773. The highest BCUT2D eigenvalue weighted by Crippen LogP contribution is 2.42. The van der Waals surface area contributed by atoms with Crippen LogP contribution in [-0.2, 0) is 4.79 Å². The number of rotatable bonds is 3. The molecule has 0 bridgehead atoms. The molecule has 1 heterocycles. The third-order valence-corrected chi connectivity index (χ3v) is 4.08. The van der Waals surface area contributed by atoms with E-state index < -0.39 is 0 Å². The molecule has 1 unspecified atom stereocenters. The van der Waals surface area contributed by atoms with Gasteiger partial charge in [0.25, 0.3) is 0 Å². The van der Waals surface area contributed by atoms with Gasteiger partial charge in [0.2, 0.25) is 5.91 Å². The Labute approximate surface area is 91.2 Å². The molecule has 0 aromatic rings. The molecule has 3 aliphatic rings. The van der Waals surface area contributed by atoms with Gasteiger partial charge in [-0.2, -0.15) is 0 Å². The summed E-state index contributed by atoms with van der Waals surface area (Å²) >= 11 is 0. The second kappa shape index (κ2) is 3.21. The van der Waals surface area contributed by atoms with Crippen LogP contribution in [0, 0.1) is 0 Å². The van der Waals surface area contributed by atoms with Crippen LogP contribution in [0.5, 0.6) is 0 Å². The zero-order valence-corrected chi connectivity index (χ0v) is 9.46. The Hall–Kier alpha value is -0.570. The molecule has 1 atom stereocenters. The van der Waals surface area contributed by atoms with E-state index in [1.165, 1.54) is 32.1 Å². The van der Waals surface area contributed by atoms with Crippen molar-refractivity contribution in [2.45, 2.75) is 63.1 Å². The van der Waals surface area contributed by atoms with E-state index in [0.29, 0.717) is 11.9 Å². The molecule has 0 spiro atoms. The van der Waals surface area contributed by atoms with Gasteiger partial charge in [-0.25, -0.2) is 0 Å². The smallest absolute Gasteiger partial charge is 0.240 e. The van der Waals surface area contributed by atoms with E-state index in [1.54, 1.807) is 0 Å². The molecule has 0 radical (unpaired) electrons. The van der Waals surface area contributed by atoms with E-state index in [2.05, 4.69) is 17.1 Å². The molecule has 15 heavy (non-hydrogen) atoms. The second-order valence-corrected chi connectivity index (χ2v) is 5.62. The maximum Gasteiger partial charge on any atom is 0.240 e. The van der Waals surface area contributed by atoms with Gasteiger partial charge < -0.3 is 10.2 Å². The average Bonchev–Trinajstić information content (AvgIpc) is 3.08. The Morgan fingerprint density at radius 1 is 1.33 bits per heavy atom. The normalized spacial score (nSPS) is 34.3. The molecule has 1 amide bonds. The predicted octanol–water partition coefficient (Wildman–Crippen LogP) is 1.28. The van der Waals surface area contributed by atoms with Crippen LogP contribution >= 0.6 is 0 Å². The predicted molar refractivity (Wildman–Crippen MR) is 58.5 cm³/mol. The lowest BCUT2D eigenvalue weighted by Gasteiger charge is -2.37. The van der Waals surface area contributed by atoms with Crippen LogP contribution < -0.4 is 5.32 Å². The maximum absolute atomic E-state index is 12.2. The van der Waals surface area contributed by atoms with Crippen molar-refractivity contribution in [3.63, 3.8) is 0 Å². The van der Waals surface area contributed by atoms with Crippen molar-refractivity contribution in [3.05, 3.63) is 0 Å². The van der Waals surface area contributed by atoms with Crippen LogP contribution in [0.3, 0.4) is 0 Å². The lowest BCUT2D eigenvalue weighted by molar-refractivity contribution is -0.139. The fraction of sp³-hybridized carbons (Fsp3) is 0.917. The third kappa shape index (κ3) is 1.78. The summed E-state index contributed by atoms with van der Waals surface area (Å²) in [5.41, 5.74) is 0.223. The van der Waals surface area contributed by atoms with Crippen LogP contribution in [-0.4, -0.2) is 35.0 Å². The minimum Gasteiger partial charge on any atom is -0.336 e. The largest absolute Gasteiger partial charge is 0.336 e. The number of amides is 1. The minimum atomic E-state index is 0.128. The van der Waals surface area contributed by atoms with Gasteiger partial charge >= 0.3 is 0 Å².